The summed E-state index contributed by atoms with van der Waals surface area (Å²) in [5.74, 6) is 0.594. The van der Waals surface area contributed by atoms with E-state index in [4.69, 9.17) is 4.74 Å². The van der Waals surface area contributed by atoms with E-state index < -0.39 is 0 Å². The third kappa shape index (κ3) is 5.32. The minimum atomic E-state index is -0.110. The molecule has 0 radical (unpaired) electrons. The number of halogens is 1. The number of amides is 1. The minimum absolute atomic E-state index is 0.0232. The van der Waals surface area contributed by atoms with E-state index in [1.54, 1.807) is 0 Å². The number of carbonyl (C=O) groups is 1. The average Bonchev–Trinajstić information content (AvgIpc) is 3.15. The van der Waals surface area contributed by atoms with Gasteiger partial charge >= 0.3 is 0 Å². The summed E-state index contributed by atoms with van der Waals surface area (Å²) in [6.45, 7) is 5.85. The number of hydrogen-bond donors (Lipinski definition) is 1. The summed E-state index contributed by atoms with van der Waals surface area (Å²) in [4.78, 5) is 14.6. The van der Waals surface area contributed by atoms with Gasteiger partial charge in [-0.1, -0.05) is 40.2 Å². The first-order valence-corrected chi connectivity index (χ1v) is 9.86. The van der Waals surface area contributed by atoms with Crippen LogP contribution in [-0.2, 0) is 17.9 Å². The molecule has 4 nitrogen and oxygen atoms in total. The van der Waals surface area contributed by atoms with E-state index in [2.05, 4.69) is 44.3 Å². The maximum absolute atomic E-state index is 12.1. The molecule has 0 bridgehead atoms. The Morgan fingerprint density at radius 2 is 1.88 bits per heavy atom. The van der Waals surface area contributed by atoms with Gasteiger partial charge in [-0.3, -0.25) is 9.69 Å². The molecule has 5 heteroatoms. The number of ether oxygens (including phenoxy) is 1. The van der Waals surface area contributed by atoms with Crippen LogP contribution in [-0.4, -0.2) is 30.5 Å². The van der Waals surface area contributed by atoms with Crippen LogP contribution in [0, 0.1) is 6.92 Å². The Hall–Kier alpha value is -1.85. The molecule has 2 aromatic carbocycles. The van der Waals surface area contributed by atoms with Crippen LogP contribution in [0.4, 0.5) is 0 Å². The number of benzene rings is 2. The minimum Gasteiger partial charge on any atom is -0.484 e. The summed E-state index contributed by atoms with van der Waals surface area (Å²) >= 11 is 3.46. The zero-order valence-corrected chi connectivity index (χ0v) is 16.7. The molecule has 0 atom stereocenters. The van der Waals surface area contributed by atoms with Gasteiger partial charge < -0.3 is 10.1 Å². The van der Waals surface area contributed by atoms with E-state index in [1.807, 2.05) is 31.2 Å². The van der Waals surface area contributed by atoms with Gasteiger partial charge in [-0.15, -0.1) is 0 Å². The number of likely N-dealkylation sites (tertiary alicyclic amines) is 1. The highest BCUT2D eigenvalue weighted by Gasteiger charge is 2.14. The van der Waals surface area contributed by atoms with Crippen LogP contribution in [0.25, 0.3) is 0 Å². The number of hydrogen-bond acceptors (Lipinski definition) is 3. The fourth-order valence-electron chi connectivity index (χ4n) is 3.17. The van der Waals surface area contributed by atoms with Gasteiger partial charge in [0.2, 0.25) is 0 Å². The molecule has 3 rings (SSSR count). The zero-order valence-electron chi connectivity index (χ0n) is 15.1. The molecule has 0 unspecified atom stereocenters. The van der Waals surface area contributed by atoms with Gasteiger partial charge in [0.1, 0.15) is 5.75 Å². The Kier molecular flexibility index (Phi) is 6.69. The zero-order chi connectivity index (χ0) is 18.4. The van der Waals surface area contributed by atoms with Crippen LogP contribution in [0.1, 0.15) is 29.5 Å². The topological polar surface area (TPSA) is 41.6 Å². The number of carbonyl (C=O) groups excluding carboxylic acids is 1. The third-order valence-electron chi connectivity index (χ3n) is 4.69. The van der Waals surface area contributed by atoms with Crippen molar-refractivity contribution in [2.75, 3.05) is 19.7 Å². The highest BCUT2D eigenvalue weighted by atomic mass is 79.9. The van der Waals surface area contributed by atoms with Gasteiger partial charge in [0.25, 0.3) is 5.91 Å². The molecular formula is C21H25BrN2O2. The monoisotopic (exact) mass is 416 g/mol. The van der Waals surface area contributed by atoms with Crippen LogP contribution in [0.3, 0.4) is 0 Å². The van der Waals surface area contributed by atoms with Crippen molar-refractivity contribution >= 4 is 21.8 Å². The Labute approximate surface area is 163 Å². The second-order valence-corrected chi connectivity index (χ2v) is 7.58. The van der Waals surface area contributed by atoms with Gasteiger partial charge in [-0.25, -0.2) is 0 Å². The van der Waals surface area contributed by atoms with Crippen LogP contribution in [0.15, 0.2) is 46.9 Å². The van der Waals surface area contributed by atoms with E-state index >= 15 is 0 Å². The maximum atomic E-state index is 12.1. The third-order valence-corrected chi connectivity index (χ3v) is 5.58. The highest BCUT2D eigenvalue weighted by Crippen LogP contribution is 2.21. The molecule has 1 aliphatic heterocycles. The molecule has 2 aromatic rings. The fraction of sp³-hybridized carbons (Fsp3) is 0.381. The maximum Gasteiger partial charge on any atom is 0.258 e. The molecule has 1 saturated heterocycles. The number of nitrogens with zero attached hydrogens (tertiary/aromatic N) is 1. The van der Waals surface area contributed by atoms with E-state index in [0.29, 0.717) is 12.3 Å². The van der Waals surface area contributed by atoms with Crippen molar-refractivity contribution in [3.8, 4) is 5.75 Å². The van der Waals surface area contributed by atoms with Crippen molar-refractivity contribution in [1.82, 2.24) is 10.2 Å². The van der Waals surface area contributed by atoms with Crippen molar-refractivity contribution in [2.45, 2.75) is 32.9 Å². The predicted octanol–water partition coefficient (Wildman–Crippen LogP) is 4.05. The lowest BCUT2D eigenvalue weighted by atomic mass is 10.1. The summed E-state index contributed by atoms with van der Waals surface area (Å²) in [6, 6.07) is 14.0. The van der Waals surface area contributed by atoms with E-state index in [-0.39, 0.29) is 12.5 Å². The van der Waals surface area contributed by atoms with Crippen molar-refractivity contribution in [3.05, 3.63) is 63.6 Å². The quantitative estimate of drug-likeness (QED) is 0.739. The Morgan fingerprint density at radius 1 is 1.15 bits per heavy atom. The first-order chi connectivity index (χ1) is 12.6. The van der Waals surface area contributed by atoms with Gasteiger partial charge in [0.15, 0.2) is 6.61 Å². The van der Waals surface area contributed by atoms with Crippen molar-refractivity contribution in [3.63, 3.8) is 0 Å². The molecule has 1 amide bonds. The van der Waals surface area contributed by atoms with Crippen molar-refractivity contribution in [2.24, 2.45) is 0 Å². The first-order valence-electron chi connectivity index (χ1n) is 9.06. The fourth-order valence-corrected chi connectivity index (χ4v) is 3.41. The predicted molar refractivity (Wildman–Crippen MR) is 107 cm³/mol. The lowest BCUT2D eigenvalue weighted by Crippen LogP contribution is -2.29. The van der Waals surface area contributed by atoms with Crippen LogP contribution in [0.2, 0.25) is 0 Å². The van der Waals surface area contributed by atoms with Crippen molar-refractivity contribution < 1.29 is 9.53 Å². The Bertz CT molecular complexity index is 757. The number of aryl methyl sites for hydroxylation is 1. The van der Waals surface area contributed by atoms with Crippen molar-refractivity contribution in [1.29, 1.82) is 0 Å². The summed E-state index contributed by atoms with van der Waals surface area (Å²) < 4.78 is 6.62. The van der Waals surface area contributed by atoms with E-state index in [9.17, 15) is 4.79 Å². The number of rotatable bonds is 7. The summed E-state index contributed by atoms with van der Waals surface area (Å²) in [5, 5.41) is 2.97. The van der Waals surface area contributed by atoms with Gasteiger partial charge in [0.05, 0.1) is 0 Å². The molecule has 1 heterocycles. The van der Waals surface area contributed by atoms with Gasteiger partial charge in [0, 0.05) is 17.6 Å². The number of nitrogens with one attached hydrogen (secondary N) is 1. The second kappa shape index (κ2) is 9.19. The molecule has 1 fully saturated rings. The molecule has 0 spiro atoms. The summed E-state index contributed by atoms with van der Waals surface area (Å²) in [7, 11) is 0. The van der Waals surface area contributed by atoms with Gasteiger partial charge in [-0.05, 0) is 67.7 Å². The average molecular weight is 417 g/mol. The molecule has 0 saturated carbocycles. The lowest BCUT2D eigenvalue weighted by Gasteiger charge is -2.17. The Morgan fingerprint density at radius 3 is 2.62 bits per heavy atom. The molecule has 0 aromatic heterocycles. The first kappa shape index (κ1) is 18.9. The molecular weight excluding hydrogens is 392 g/mol. The highest BCUT2D eigenvalue weighted by molar-refractivity contribution is 9.10. The summed E-state index contributed by atoms with van der Waals surface area (Å²) in [6.07, 6.45) is 2.57. The standard InChI is InChI=1S/C21H25BrN2O2/c1-16-12-19(8-9-20(16)22)26-15-21(25)23-13-17-6-2-3-7-18(17)14-24-10-4-5-11-24/h2-3,6-9,12H,4-5,10-11,13-15H2,1H3,(H,23,25). The molecule has 1 aliphatic rings. The van der Waals surface area contributed by atoms with E-state index in [1.165, 1.54) is 37.1 Å². The largest absolute Gasteiger partial charge is 0.484 e. The van der Waals surface area contributed by atoms with Crippen LogP contribution >= 0.6 is 15.9 Å². The molecule has 138 valence electrons. The SMILES string of the molecule is Cc1cc(OCC(=O)NCc2ccccc2CN2CCCC2)ccc1Br. The van der Waals surface area contributed by atoms with Crippen LogP contribution in [0.5, 0.6) is 5.75 Å². The lowest BCUT2D eigenvalue weighted by molar-refractivity contribution is -0.123. The van der Waals surface area contributed by atoms with E-state index in [0.717, 1.165) is 16.6 Å². The van der Waals surface area contributed by atoms with Crippen LogP contribution < -0.4 is 10.1 Å². The normalized spacial score (nSPS) is 14.4. The van der Waals surface area contributed by atoms with Gasteiger partial charge in [-0.2, -0.15) is 0 Å². The molecule has 1 N–H and O–H groups in total. The smallest absolute Gasteiger partial charge is 0.258 e. The second-order valence-electron chi connectivity index (χ2n) is 6.73. The summed E-state index contributed by atoms with van der Waals surface area (Å²) in [5.41, 5.74) is 3.55. The molecule has 26 heavy (non-hydrogen) atoms. The Balaban J connectivity index is 1.50. The molecule has 0 aliphatic carbocycles.